The van der Waals surface area contributed by atoms with Gasteiger partial charge < -0.3 is 10.0 Å². The molecule has 1 aromatic heterocycles. The fourth-order valence-electron chi connectivity index (χ4n) is 2.13. The van der Waals surface area contributed by atoms with Gasteiger partial charge >= 0.3 is 0 Å². The predicted molar refractivity (Wildman–Crippen MR) is 59.8 cm³/mol. The first-order valence-electron chi connectivity index (χ1n) is 5.60. The second-order valence-electron chi connectivity index (χ2n) is 4.10. The van der Waals surface area contributed by atoms with Crippen LogP contribution in [-0.4, -0.2) is 40.1 Å². The third kappa shape index (κ3) is 2.39. The van der Waals surface area contributed by atoms with Gasteiger partial charge in [0, 0.05) is 18.9 Å². The van der Waals surface area contributed by atoms with Crippen LogP contribution in [0.4, 0.5) is 0 Å². The SMILES string of the molecule is O=C(Cc1ccncc1)N1CCCC1CO. The lowest BCUT2D eigenvalue weighted by molar-refractivity contribution is -0.131. The molecule has 1 aromatic rings. The Hall–Kier alpha value is -1.42. The average Bonchev–Trinajstić information content (AvgIpc) is 2.78. The Labute approximate surface area is 94.9 Å². The maximum absolute atomic E-state index is 12.0. The van der Waals surface area contributed by atoms with Gasteiger partial charge in [-0.2, -0.15) is 0 Å². The molecule has 16 heavy (non-hydrogen) atoms. The summed E-state index contributed by atoms with van der Waals surface area (Å²) in [6, 6.07) is 3.72. The van der Waals surface area contributed by atoms with Crippen molar-refractivity contribution >= 4 is 5.91 Å². The van der Waals surface area contributed by atoms with Crippen LogP contribution in [0.25, 0.3) is 0 Å². The number of hydrogen-bond acceptors (Lipinski definition) is 3. The normalized spacial score (nSPS) is 20.1. The molecule has 0 aromatic carbocycles. The van der Waals surface area contributed by atoms with E-state index in [4.69, 9.17) is 5.11 Å². The highest BCUT2D eigenvalue weighted by atomic mass is 16.3. The second kappa shape index (κ2) is 5.07. The molecule has 1 aliphatic heterocycles. The zero-order valence-electron chi connectivity index (χ0n) is 9.17. The third-order valence-electron chi connectivity index (χ3n) is 3.01. The summed E-state index contributed by atoms with van der Waals surface area (Å²) in [5.74, 6) is 0.0998. The summed E-state index contributed by atoms with van der Waals surface area (Å²) in [6.45, 7) is 0.844. The Morgan fingerprint density at radius 1 is 1.50 bits per heavy atom. The molecule has 0 radical (unpaired) electrons. The summed E-state index contributed by atoms with van der Waals surface area (Å²) in [6.07, 6.45) is 5.69. The molecule has 1 N–H and O–H groups in total. The van der Waals surface area contributed by atoms with E-state index in [2.05, 4.69) is 4.98 Å². The molecular weight excluding hydrogens is 204 g/mol. The molecule has 2 rings (SSSR count). The Kier molecular flexibility index (Phi) is 3.51. The maximum atomic E-state index is 12.0. The number of aliphatic hydroxyl groups is 1. The highest BCUT2D eigenvalue weighted by Gasteiger charge is 2.27. The van der Waals surface area contributed by atoms with Gasteiger partial charge in [-0.25, -0.2) is 0 Å². The van der Waals surface area contributed by atoms with Crippen LogP contribution in [0.1, 0.15) is 18.4 Å². The van der Waals surface area contributed by atoms with Crippen molar-refractivity contribution in [2.45, 2.75) is 25.3 Å². The summed E-state index contributed by atoms with van der Waals surface area (Å²) in [5, 5.41) is 9.15. The van der Waals surface area contributed by atoms with E-state index in [0.717, 1.165) is 24.9 Å². The van der Waals surface area contributed by atoms with E-state index in [-0.39, 0.29) is 18.6 Å². The Morgan fingerprint density at radius 2 is 2.25 bits per heavy atom. The van der Waals surface area contributed by atoms with Crippen LogP contribution in [-0.2, 0) is 11.2 Å². The summed E-state index contributed by atoms with van der Waals surface area (Å²) >= 11 is 0. The van der Waals surface area contributed by atoms with Gasteiger partial charge in [0.2, 0.25) is 5.91 Å². The minimum absolute atomic E-state index is 0.0225. The lowest BCUT2D eigenvalue weighted by atomic mass is 10.1. The summed E-state index contributed by atoms with van der Waals surface area (Å²) in [4.78, 5) is 17.7. The summed E-state index contributed by atoms with van der Waals surface area (Å²) in [7, 11) is 0. The molecule has 0 bridgehead atoms. The molecule has 2 heterocycles. The molecule has 4 heteroatoms. The summed E-state index contributed by atoms with van der Waals surface area (Å²) < 4.78 is 0. The van der Waals surface area contributed by atoms with Crippen LogP contribution in [0.3, 0.4) is 0 Å². The van der Waals surface area contributed by atoms with Gasteiger partial charge in [0.25, 0.3) is 0 Å². The highest BCUT2D eigenvalue weighted by molar-refractivity contribution is 5.79. The van der Waals surface area contributed by atoms with Crippen molar-refractivity contribution in [2.24, 2.45) is 0 Å². The first-order chi connectivity index (χ1) is 7.81. The number of amides is 1. The number of pyridine rings is 1. The van der Waals surface area contributed by atoms with Crippen molar-refractivity contribution < 1.29 is 9.90 Å². The monoisotopic (exact) mass is 220 g/mol. The van der Waals surface area contributed by atoms with E-state index in [9.17, 15) is 4.79 Å². The Balaban J connectivity index is 1.98. The molecule has 86 valence electrons. The minimum Gasteiger partial charge on any atom is -0.394 e. The quantitative estimate of drug-likeness (QED) is 0.812. The topological polar surface area (TPSA) is 53.4 Å². The van der Waals surface area contributed by atoms with E-state index < -0.39 is 0 Å². The van der Waals surface area contributed by atoms with Crippen LogP contribution in [0.2, 0.25) is 0 Å². The van der Waals surface area contributed by atoms with Crippen LogP contribution in [0, 0.1) is 0 Å². The van der Waals surface area contributed by atoms with Gasteiger partial charge in [0.15, 0.2) is 0 Å². The zero-order chi connectivity index (χ0) is 11.4. The van der Waals surface area contributed by atoms with Crippen LogP contribution < -0.4 is 0 Å². The van der Waals surface area contributed by atoms with Crippen LogP contribution in [0.5, 0.6) is 0 Å². The molecule has 0 spiro atoms. The predicted octanol–water partition coefficient (Wildman–Crippen LogP) is 0.607. The number of aliphatic hydroxyl groups excluding tert-OH is 1. The first kappa shape index (κ1) is 11.1. The number of likely N-dealkylation sites (tertiary alicyclic amines) is 1. The molecule has 1 atom stereocenters. The average molecular weight is 220 g/mol. The van der Waals surface area contributed by atoms with Crippen molar-refractivity contribution in [1.29, 1.82) is 0 Å². The van der Waals surface area contributed by atoms with Gasteiger partial charge in [0.1, 0.15) is 0 Å². The van der Waals surface area contributed by atoms with E-state index in [0.29, 0.717) is 6.42 Å². The van der Waals surface area contributed by atoms with Crippen molar-refractivity contribution in [3.8, 4) is 0 Å². The van der Waals surface area contributed by atoms with Gasteiger partial charge in [-0.15, -0.1) is 0 Å². The zero-order valence-corrected chi connectivity index (χ0v) is 9.17. The number of nitrogens with zero attached hydrogens (tertiary/aromatic N) is 2. The molecule has 1 fully saturated rings. The molecule has 0 aliphatic carbocycles. The largest absolute Gasteiger partial charge is 0.394 e. The van der Waals surface area contributed by atoms with E-state index in [1.807, 2.05) is 12.1 Å². The first-order valence-corrected chi connectivity index (χ1v) is 5.60. The summed E-state index contributed by atoms with van der Waals surface area (Å²) in [5.41, 5.74) is 0.976. The van der Waals surface area contributed by atoms with Gasteiger partial charge in [-0.3, -0.25) is 9.78 Å². The number of hydrogen-bond donors (Lipinski definition) is 1. The lowest BCUT2D eigenvalue weighted by Crippen LogP contribution is -2.38. The van der Waals surface area contributed by atoms with Crippen molar-refractivity contribution in [2.75, 3.05) is 13.2 Å². The van der Waals surface area contributed by atoms with Gasteiger partial charge in [0.05, 0.1) is 19.1 Å². The lowest BCUT2D eigenvalue weighted by Gasteiger charge is -2.22. The second-order valence-corrected chi connectivity index (χ2v) is 4.10. The number of carbonyl (C=O) groups is 1. The van der Waals surface area contributed by atoms with Gasteiger partial charge in [-0.05, 0) is 30.5 Å². The van der Waals surface area contributed by atoms with E-state index in [1.54, 1.807) is 17.3 Å². The standard InChI is InChI=1S/C12H16N2O2/c15-9-11-2-1-7-14(11)12(16)8-10-3-5-13-6-4-10/h3-6,11,15H,1-2,7-9H2. The molecule has 4 nitrogen and oxygen atoms in total. The maximum Gasteiger partial charge on any atom is 0.227 e. The molecule has 1 saturated heterocycles. The van der Waals surface area contributed by atoms with E-state index >= 15 is 0 Å². The molecule has 1 unspecified atom stereocenters. The van der Waals surface area contributed by atoms with Crippen molar-refractivity contribution in [1.82, 2.24) is 9.88 Å². The number of carbonyl (C=O) groups excluding carboxylic acids is 1. The number of aromatic nitrogens is 1. The van der Waals surface area contributed by atoms with E-state index in [1.165, 1.54) is 0 Å². The fraction of sp³-hybridized carbons (Fsp3) is 0.500. The fourth-order valence-corrected chi connectivity index (χ4v) is 2.13. The molecule has 0 saturated carbocycles. The van der Waals surface area contributed by atoms with Crippen LogP contribution >= 0.6 is 0 Å². The minimum atomic E-state index is 0.0225. The van der Waals surface area contributed by atoms with Crippen molar-refractivity contribution in [3.05, 3.63) is 30.1 Å². The van der Waals surface area contributed by atoms with Crippen LogP contribution in [0.15, 0.2) is 24.5 Å². The number of rotatable bonds is 3. The highest BCUT2D eigenvalue weighted by Crippen LogP contribution is 2.17. The third-order valence-corrected chi connectivity index (χ3v) is 3.01. The molecule has 1 aliphatic rings. The molecular formula is C12H16N2O2. The van der Waals surface area contributed by atoms with Crippen molar-refractivity contribution in [3.63, 3.8) is 0 Å². The smallest absolute Gasteiger partial charge is 0.227 e. The Bertz CT molecular complexity index is 353. The van der Waals surface area contributed by atoms with Gasteiger partial charge in [-0.1, -0.05) is 0 Å². The Morgan fingerprint density at radius 3 is 2.94 bits per heavy atom. The molecule has 1 amide bonds.